The molecule has 0 fully saturated rings. The molecule has 0 aliphatic carbocycles. The largest absolute Gasteiger partial charge is 0.366 e. The third-order valence-corrected chi connectivity index (χ3v) is 4.23. The minimum Gasteiger partial charge on any atom is -0.366 e. The highest BCUT2D eigenvalue weighted by atomic mass is 16.2. The highest BCUT2D eigenvalue weighted by molar-refractivity contribution is 6.03. The molecular formula is C19H20N6O3. The van der Waals surface area contributed by atoms with Gasteiger partial charge < -0.3 is 11.1 Å². The van der Waals surface area contributed by atoms with Crippen LogP contribution in [0.3, 0.4) is 0 Å². The third kappa shape index (κ3) is 3.68. The zero-order valence-corrected chi connectivity index (χ0v) is 15.7. The van der Waals surface area contributed by atoms with Crippen LogP contribution >= 0.6 is 0 Å². The van der Waals surface area contributed by atoms with Gasteiger partial charge in [0.1, 0.15) is 6.04 Å². The summed E-state index contributed by atoms with van der Waals surface area (Å²) in [5.74, 6) is -0.749. The molecule has 28 heavy (non-hydrogen) atoms. The molecule has 9 nitrogen and oxygen atoms in total. The molecule has 3 aromatic rings. The van der Waals surface area contributed by atoms with Crippen LogP contribution in [0.4, 0.5) is 5.69 Å². The molecule has 1 aromatic carbocycles. The number of hydrogen-bond donors (Lipinski definition) is 2. The van der Waals surface area contributed by atoms with E-state index in [4.69, 9.17) is 5.73 Å². The molecule has 0 bridgehead atoms. The lowest BCUT2D eigenvalue weighted by Crippen LogP contribution is -2.34. The van der Waals surface area contributed by atoms with Crippen LogP contribution < -0.4 is 16.6 Å². The Morgan fingerprint density at radius 3 is 2.46 bits per heavy atom. The van der Waals surface area contributed by atoms with Gasteiger partial charge in [0.05, 0.1) is 16.9 Å². The standard InChI is InChI=1S/C19H20N6O3/c1-11-10-12(2)24(22-11)16-8-9-17(26)25(23-16)13(3)19(28)21-15-7-5-4-6-14(15)18(20)27/h4-10,13H,1-3H3,(H2,20,27)(H,21,28). The van der Waals surface area contributed by atoms with E-state index in [0.29, 0.717) is 5.82 Å². The van der Waals surface area contributed by atoms with Gasteiger partial charge in [0.15, 0.2) is 5.82 Å². The van der Waals surface area contributed by atoms with Gasteiger partial charge >= 0.3 is 0 Å². The van der Waals surface area contributed by atoms with Crippen LogP contribution in [0, 0.1) is 13.8 Å². The van der Waals surface area contributed by atoms with Crippen molar-refractivity contribution < 1.29 is 9.59 Å². The van der Waals surface area contributed by atoms with Crippen molar-refractivity contribution in [2.75, 3.05) is 5.32 Å². The molecule has 3 rings (SSSR count). The Morgan fingerprint density at radius 1 is 1.11 bits per heavy atom. The van der Waals surface area contributed by atoms with Crippen molar-refractivity contribution in [3.63, 3.8) is 0 Å². The van der Waals surface area contributed by atoms with E-state index in [1.165, 1.54) is 12.1 Å². The SMILES string of the molecule is Cc1cc(C)n(-c2ccc(=O)n(C(C)C(=O)Nc3ccccc3C(N)=O)n2)n1. The first kappa shape index (κ1) is 19.0. The number of amides is 2. The van der Waals surface area contributed by atoms with Crippen molar-refractivity contribution in [1.82, 2.24) is 19.6 Å². The number of nitrogens with zero attached hydrogens (tertiary/aromatic N) is 4. The summed E-state index contributed by atoms with van der Waals surface area (Å²) in [6.07, 6.45) is 0. The summed E-state index contributed by atoms with van der Waals surface area (Å²) in [6.45, 7) is 5.27. The molecule has 2 heterocycles. The second-order valence-corrected chi connectivity index (χ2v) is 6.39. The fourth-order valence-corrected chi connectivity index (χ4v) is 2.82. The smallest absolute Gasteiger partial charge is 0.267 e. The molecule has 0 aliphatic rings. The first-order valence-corrected chi connectivity index (χ1v) is 8.61. The van der Waals surface area contributed by atoms with Crippen LogP contribution in [0.2, 0.25) is 0 Å². The van der Waals surface area contributed by atoms with Crippen molar-refractivity contribution in [3.8, 4) is 5.82 Å². The maximum Gasteiger partial charge on any atom is 0.267 e. The highest BCUT2D eigenvalue weighted by Crippen LogP contribution is 2.16. The van der Waals surface area contributed by atoms with Gasteiger partial charge in [-0.3, -0.25) is 14.4 Å². The van der Waals surface area contributed by atoms with Gasteiger partial charge in [-0.2, -0.15) is 5.10 Å². The maximum atomic E-state index is 12.7. The molecule has 0 saturated carbocycles. The van der Waals surface area contributed by atoms with E-state index >= 15 is 0 Å². The third-order valence-electron chi connectivity index (χ3n) is 4.23. The highest BCUT2D eigenvalue weighted by Gasteiger charge is 2.20. The first-order valence-electron chi connectivity index (χ1n) is 8.61. The lowest BCUT2D eigenvalue weighted by atomic mass is 10.1. The average Bonchev–Trinajstić information content (AvgIpc) is 3.00. The van der Waals surface area contributed by atoms with Crippen LogP contribution in [0.5, 0.6) is 0 Å². The molecule has 2 aromatic heterocycles. The van der Waals surface area contributed by atoms with E-state index in [2.05, 4.69) is 15.5 Å². The summed E-state index contributed by atoms with van der Waals surface area (Å²) >= 11 is 0. The van der Waals surface area contributed by atoms with E-state index in [-0.39, 0.29) is 11.3 Å². The molecule has 0 aliphatic heterocycles. The maximum absolute atomic E-state index is 12.7. The van der Waals surface area contributed by atoms with E-state index in [0.717, 1.165) is 16.1 Å². The second kappa shape index (κ2) is 7.47. The number of carbonyl (C=O) groups excluding carboxylic acids is 2. The number of carbonyl (C=O) groups is 2. The predicted molar refractivity (Wildman–Crippen MR) is 103 cm³/mol. The van der Waals surface area contributed by atoms with E-state index in [1.54, 1.807) is 35.9 Å². The molecule has 3 N–H and O–H groups in total. The Labute approximate surface area is 160 Å². The van der Waals surface area contributed by atoms with Crippen molar-refractivity contribution in [2.45, 2.75) is 26.8 Å². The zero-order valence-electron chi connectivity index (χ0n) is 15.7. The number of rotatable bonds is 5. The van der Waals surface area contributed by atoms with E-state index < -0.39 is 23.4 Å². The van der Waals surface area contributed by atoms with Gasteiger partial charge in [0, 0.05) is 11.8 Å². The second-order valence-electron chi connectivity index (χ2n) is 6.39. The van der Waals surface area contributed by atoms with Crippen molar-refractivity contribution in [3.05, 3.63) is 69.8 Å². The number of aromatic nitrogens is 4. The topological polar surface area (TPSA) is 125 Å². The quantitative estimate of drug-likeness (QED) is 0.691. The van der Waals surface area contributed by atoms with Gasteiger partial charge in [-0.25, -0.2) is 9.36 Å². The van der Waals surface area contributed by atoms with Crippen molar-refractivity contribution >= 4 is 17.5 Å². The lowest BCUT2D eigenvalue weighted by molar-refractivity contribution is -0.119. The normalized spacial score (nSPS) is 11.8. The summed E-state index contributed by atoms with van der Waals surface area (Å²) in [4.78, 5) is 36.5. The number of nitrogens with two attached hydrogens (primary N) is 1. The number of anilines is 1. The van der Waals surface area contributed by atoms with Crippen LogP contribution in [0.25, 0.3) is 5.82 Å². The molecule has 1 unspecified atom stereocenters. The van der Waals surface area contributed by atoms with Gasteiger partial charge in [-0.05, 0) is 45.0 Å². The Morgan fingerprint density at radius 2 is 1.82 bits per heavy atom. The van der Waals surface area contributed by atoms with Gasteiger partial charge in [0.2, 0.25) is 5.91 Å². The molecular weight excluding hydrogens is 360 g/mol. The molecule has 0 spiro atoms. The minimum atomic E-state index is -0.926. The number of hydrogen-bond acceptors (Lipinski definition) is 5. The van der Waals surface area contributed by atoms with E-state index in [9.17, 15) is 14.4 Å². The Kier molecular flexibility index (Phi) is 5.08. The summed E-state index contributed by atoms with van der Waals surface area (Å²) in [5.41, 5.74) is 7.01. The molecule has 144 valence electrons. The van der Waals surface area contributed by atoms with Gasteiger partial charge in [-0.15, -0.1) is 5.10 Å². The average molecular weight is 380 g/mol. The Balaban J connectivity index is 1.92. The van der Waals surface area contributed by atoms with E-state index in [1.807, 2.05) is 19.9 Å². The fourth-order valence-electron chi connectivity index (χ4n) is 2.82. The molecule has 0 radical (unpaired) electrons. The summed E-state index contributed by atoms with van der Waals surface area (Å²) in [5, 5.41) is 11.3. The Hall–Kier alpha value is -3.75. The van der Waals surface area contributed by atoms with Crippen LogP contribution in [0.15, 0.2) is 47.3 Å². The fraction of sp³-hybridized carbons (Fsp3) is 0.211. The molecule has 2 amide bonds. The number of benzene rings is 1. The van der Waals surface area contributed by atoms with Crippen LogP contribution in [-0.2, 0) is 4.79 Å². The monoisotopic (exact) mass is 380 g/mol. The summed E-state index contributed by atoms with van der Waals surface area (Å²) < 4.78 is 2.67. The summed E-state index contributed by atoms with van der Waals surface area (Å²) in [6, 6.07) is 10.2. The number of aryl methyl sites for hydroxylation is 2. The molecule has 1 atom stereocenters. The zero-order chi connectivity index (χ0) is 20.4. The van der Waals surface area contributed by atoms with Crippen molar-refractivity contribution in [1.29, 1.82) is 0 Å². The molecule has 0 saturated heterocycles. The minimum absolute atomic E-state index is 0.180. The van der Waals surface area contributed by atoms with Crippen molar-refractivity contribution in [2.24, 2.45) is 5.73 Å². The number of para-hydroxylation sites is 1. The van der Waals surface area contributed by atoms with Crippen LogP contribution in [0.1, 0.15) is 34.7 Å². The molecule has 9 heteroatoms. The van der Waals surface area contributed by atoms with Crippen LogP contribution in [-0.4, -0.2) is 31.4 Å². The number of nitrogens with one attached hydrogen (secondary N) is 1. The van der Waals surface area contributed by atoms with Gasteiger partial charge in [-0.1, -0.05) is 12.1 Å². The number of primary amides is 1. The Bertz CT molecular complexity index is 1110. The lowest BCUT2D eigenvalue weighted by Gasteiger charge is -2.16. The van der Waals surface area contributed by atoms with Gasteiger partial charge in [0.25, 0.3) is 11.5 Å². The first-order chi connectivity index (χ1) is 13.3. The predicted octanol–water partition coefficient (Wildman–Crippen LogP) is 1.34. The summed E-state index contributed by atoms with van der Waals surface area (Å²) in [7, 11) is 0.